The first-order chi connectivity index (χ1) is 20.5. The van der Waals surface area contributed by atoms with Gasteiger partial charge in [0.2, 0.25) is 0 Å². The Balaban J connectivity index is 1.26. The molecule has 0 N–H and O–H groups in total. The summed E-state index contributed by atoms with van der Waals surface area (Å²) in [6, 6.07) is 49.3. The van der Waals surface area contributed by atoms with E-state index in [0.29, 0.717) is 0 Å². The van der Waals surface area contributed by atoms with Gasteiger partial charge in [-0.15, -0.1) is 11.3 Å². The summed E-state index contributed by atoms with van der Waals surface area (Å²) in [6.07, 6.45) is 0. The van der Waals surface area contributed by atoms with Gasteiger partial charge in [-0.2, -0.15) is 0 Å². The predicted molar refractivity (Wildman–Crippen MR) is 183 cm³/mol. The Morgan fingerprint density at radius 3 is 1.88 bits per heavy atom. The van der Waals surface area contributed by atoms with Crippen LogP contribution in [0.4, 0.5) is 0 Å². The van der Waals surface area contributed by atoms with Crippen molar-refractivity contribution in [3.8, 4) is 27.9 Å². The molecule has 42 heavy (non-hydrogen) atoms. The molecule has 8 aromatic rings. The molecule has 0 spiro atoms. The Morgan fingerprint density at radius 2 is 1.12 bits per heavy atom. The van der Waals surface area contributed by atoms with Crippen molar-refractivity contribution in [2.75, 3.05) is 0 Å². The van der Waals surface area contributed by atoms with Crippen molar-refractivity contribution >= 4 is 53.3 Å². The number of para-hydroxylation sites is 1. The molecule has 6 aromatic carbocycles. The van der Waals surface area contributed by atoms with E-state index in [1.807, 2.05) is 11.3 Å². The molecule has 2 heteroatoms. The molecule has 2 aromatic heterocycles. The Hall–Kier alpha value is -4.66. The first-order valence-electron chi connectivity index (χ1n) is 14.6. The highest BCUT2D eigenvalue weighted by Gasteiger charge is 2.16. The van der Waals surface area contributed by atoms with Gasteiger partial charge in [0.05, 0.1) is 11.0 Å². The monoisotopic (exact) mass is 557 g/mol. The fourth-order valence-electron chi connectivity index (χ4n) is 6.40. The summed E-state index contributed by atoms with van der Waals surface area (Å²) in [4.78, 5) is 0. The molecule has 0 unspecified atom stereocenters. The maximum absolute atomic E-state index is 2.40. The molecule has 8 rings (SSSR count). The van der Waals surface area contributed by atoms with Crippen molar-refractivity contribution in [2.24, 2.45) is 0 Å². The second-order valence-corrected chi connectivity index (χ2v) is 13.3. The quantitative estimate of drug-likeness (QED) is 0.204. The van der Waals surface area contributed by atoms with E-state index in [9.17, 15) is 0 Å². The van der Waals surface area contributed by atoms with Crippen LogP contribution < -0.4 is 0 Å². The van der Waals surface area contributed by atoms with Gasteiger partial charge in [0.15, 0.2) is 0 Å². The summed E-state index contributed by atoms with van der Waals surface area (Å²) in [7, 11) is 0. The lowest BCUT2D eigenvalue weighted by Gasteiger charge is -2.19. The van der Waals surface area contributed by atoms with Crippen LogP contribution >= 0.6 is 11.3 Å². The van der Waals surface area contributed by atoms with Crippen LogP contribution in [0.15, 0.2) is 133 Å². The summed E-state index contributed by atoms with van der Waals surface area (Å²) in [6.45, 7) is 6.78. The first-order valence-corrected chi connectivity index (χ1v) is 15.4. The van der Waals surface area contributed by atoms with Crippen LogP contribution in [0.2, 0.25) is 0 Å². The summed E-state index contributed by atoms with van der Waals surface area (Å²) in [5.41, 5.74) is 10.2. The van der Waals surface area contributed by atoms with Crippen molar-refractivity contribution in [1.82, 2.24) is 4.57 Å². The zero-order chi connectivity index (χ0) is 28.4. The van der Waals surface area contributed by atoms with E-state index in [-0.39, 0.29) is 5.41 Å². The molecule has 0 aliphatic rings. The lowest BCUT2D eigenvalue weighted by atomic mass is 9.86. The molecule has 2 heterocycles. The lowest BCUT2D eigenvalue weighted by molar-refractivity contribution is 0.590. The van der Waals surface area contributed by atoms with Gasteiger partial charge in [-0.25, -0.2) is 0 Å². The zero-order valence-corrected chi connectivity index (χ0v) is 24.9. The van der Waals surface area contributed by atoms with Crippen molar-refractivity contribution < 1.29 is 0 Å². The number of thiophene rings is 1. The number of hydrogen-bond donors (Lipinski definition) is 0. The predicted octanol–water partition coefficient (Wildman–Crippen LogP) is 11.8. The number of nitrogens with zero attached hydrogens (tertiary/aromatic N) is 1. The summed E-state index contributed by atoms with van der Waals surface area (Å²) >= 11 is 1.87. The Labute approximate surface area is 250 Å². The fourth-order valence-corrected chi connectivity index (χ4v) is 7.53. The SMILES string of the molecule is CC(C)(C)c1ccc(-c2ccc(-n3c4ccccc4c4cc(-c5cccc6sc7ccccc7c56)ccc43)cc2)cc1. The molecule has 0 bridgehead atoms. The lowest BCUT2D eigenvalue weighted by Crippen LogP contribution is -2.10. The standard InChI is InChI=1S/C40H31NS/c1-40(2,3)29-20-15-26(16-21-29)27-17-22-30(23-18-27)41-35-12-6-4-9-32(35)34-25-28(19-24-36(34)41)31-11-8-14-38-39(31)33-10-5-7-13-37(33)42-38/h4-25H,1-3H3. The van der Waals surface area contributed by atoms with Crippen molar-refractivity contribution in [3.05, 3.63) is 139 Å². The van der Waals surface area contributed by atoms with Crippen LogP contribution in [0.3, 0.4) is 0 Å². The van der Waals surface area contributed by atoms with Crippen LogP contribution in [-0.4, -0.2) is 4.57 Å². The Kier molecular flexibility index (Phi) is 5.64. The van der Waals surface area contributed by atoms with Crippen LogP contribution in [0.25, 0.3) is 69.9 Å². The number of rotatable bonds is 3. The van der Waals surface area contributed by atoms with Gasteiger partial charge in [0.1, 0.15) is 0 Å². The highest BCUT2D eigenvalue weighted by molar-refractivity contribution is 7.25. The molecule has 0 saturated heterocycles. The maximum Gasteiger partial charge on any atom is 0.0541 e. The van der Waals surface area contributed by atoms with Gasteiger partial charge in [-0.1, -0.05) is 112 Å². The van der Waals surface area contributed by atoms with Crippen LogP contribution in [0.1, 0.15) is 26.3 Å². The Morgan fingerprint density at radius 1 is 0.500 bits per heavy atom. The summed E-state index contributed by atoms with van der Waals surface area (Å²) in [5.74, 6) is 0. The highest BCUT2D eigenvalue weighted by Crippen LogP contribution is 2.42. The zero-order valence-electron chi connectivity index (χ0n) is 24.1. The van der Waals surface area contributed by atoms with Gasteiger partial charge in [0, 0.05) is 36.6 Å². The van der Waals surface area contributed by atoms with Gasteiger partial charge in [-0.05, 0) is 75.7 Å². The third-order valence-electron chi connectivity index (χ3n) is 8.60. The van der Waals surface area contributed by atoms with E-state index < -0.39 is 0 Å². The number of benzene rings is 6. The molecular weight excluding hydrogens is 527 g/mol. The van der Waals surface area contributed by atoms with Crippen LogP contribution in [0.5, 0.6) is 0 Å². The average Bonchev–Trinajstić information content (AvgIpc) is 3.56. The average molecular weight is 558 g/mol. The van der Waals surface area contributed by atoms with E-state index in [1.165, 1.54) is 75.5 Å². The van der Waals surface area contributed by atoms with Gasteiger partial charge in [-0.3, -0.25) is 0 Å². The molecule has 0 saturated carbocycles. The topological polar surface area (TPSA) is 4.93 Å². The van der Waals surface area contributed by atoms with Gasteiger partial charge >= 0.3 is 0 Å². The van der Waals surface area contributed by atoms with E-state index in [4.69, 9.17) is 0 Å². The number of aromatic nitrogens is 1. The van der Waals surface area contributed by atoms with E-state index in [2.05, 4.69) is 159 Å². The largest absolute Gasteiger partial charge is 0.309 e. The second-order valence-electron chi connectivity index (χ2n) is 12.2. The van der Waals surface area contributed by atoms with Crippen LogP contribution in [0, 0.1) is 0 Å². The molecule has 1 nitrogen and oxygen atoms in total. The minimum Gasteiger partial charge on any atom is -0.309 e. The van der Waals surface area contributed by atoms with Crippen molar-refractivity contribution in [3.63, 3.8) is 0 Å². The van der Waals surface area contributed by atoms with Gasteiger partial charge in [0.25, 0.3) is 0 Å². The normalized spacial score (nSPS) is 12.2. The highest BCUT2D eigenvalue weighted by atomic mass is 32.1. The molecule has 0 aliphatic heterocycles. The second kappa shape index (κ2) is 9.44. The van der Waals surface area contributed by atoms with E-state index in [0.717, 1.165) is 0 Å². The summed E-state index contributed by atoms with van der Waals surface area (Å²) in [5, 5.41) is 5.25. The molecular formula is C40H31NS. The van der Waals surface area contributed by atoms with Crippen LogP contribution in [-0.2, 0) is 5.41 Å². The van der Waals surface area contributed by atoms with Gasteiger partial charge < -0.3 is 4.57 Å². The number of fused-ring (bicyclic) bond motifs is 6. The third kappa shape index (κ3) is 3.98. The third-order valence-corrected chi connectivity index (χ3v) is 9.73. The van der Waals surface area contributed by atoms with E-state index in [1.54, 1.807) is 0 Å². The fraction of sp³-hybridized carbons (Fsp3) is 0.100. The molecule has 0 amide bonds. The minimum atomic E-state index is 0.156. The first kappa shape index (κ1) is 25.1. The minimum absolute atomic E-state index is 0.156. The smallest absolute Gasteiger partial charge is 0.0541 e. The van der Waals surface area contributed by atoms with Crippen molar-refractivity contribution in [1.29, 1.82) is 0 Å². The molecule has 0 radical (unpaired) electrons. The molecule has 0 aliphatic carbocycles. The molecule has 0 fully saturated rings. The van der Waals surface area contributed by atoms with E-state index >= 15 is 0 Å². The number of hydrogen-bond acceptors (Lipinski definition) is 1. The maximum atomic E-state index is 2.40. The summed E-state index contributed by atoms with van der Waals surface area (Å²) < 4.78 is 5.08. The van der Waals surface area contributed by atoms with Crippen molar-refractivity contribution in [2.45, 2.75) is 26.2 Å². The molecule has 202 valence electrons. The Bertz CT molecular complexity index is 2260. The molecule has 0 atom stereocenters.